The van der Waals surface area contributed by atoms with Gasteiger partial charge in [0.25, 0.3) is 0 Å². The molecule has 6 heteroatoms. The maximum atomic E-state index is 12.2. The smallest absolute Gasteiger partial charge is 0.341 e. The van der Waals surface area contributed by atoms with Crippen molar-refractivity contribution in [3.05, 3.63) is 59.7 Å². The van der Waals surface area contributed by atoms with E-state index in [1.54, 1.807) is 6.07 Å². The second kappa shape index (κ2) is 7.54. The van der Waals surface area contributed by atoms with Crippen molar-refractivity contribution in [2.24, 2.45) is 11.7 Å². The molecule has 0 aromatic heterocycles. The SMILES string of the molecule is NC(=O)C1CCCC2C1c1c(OCC(=O)O)cccc1N2Cc1ccccc1. The van der Waals surface area contributed by atoms with Crippen LogP contribution in [0.3, 0.4) is 0 Å². The van der Waals surface area contributed by atoms with E-state index in [4.69, 9.17) is 15.6 Å². The molecule has 0 spiro atoms. The molecule has 0 radical (unpaired) electrons. The van der Waals surface area contributed by atoms with Crippen LogP contribution in [0.5, 0.6) is 5.75 Å². The minimum Gasteiger partial charge on any atom is -0.482 e. The number of benzene rings is 2. The lowest BCUT2D eigenvalue weighted by Gasteiger charge is -2.37. The molecular weight excluding hydrogens is 356 g/mol. The van der Waals surface area contributed by atoms with Crippen molar-refractivity contribution in [3.63, 3.8) is 0 Å². The van der Waals surface area contributed by atoms with Gasteiger partial charge in [-0.2, -0.15) is 0 Å². The van der Waals surface area contributed by atoms with Crippen molar-refractivity contribution in [1.29, 1.82) is 0 Å². The van der Waals surface area contributed by atoms with E-state index in [0.717, 1.165) is 37.1 Å². The molecule has 1 fully saturated rings. The van der Waals surface area contributed by atoms with Gasteiger partial charge in [-0.1, -0.05) is 42.8 Å². The van der Waals surface area contributed by atoms with Gasteiger partial charge in [0.1, 0.15) is 5.75 Å². The number of nitrogens with zero attached hydrogens (tertiary/aromatic N) is 1. The second-order valence-corrected chi connectivity index (χ2v) is 7.52. The number of anilines is 1. The zero-order valence-corrected chi connectivity index (χ0v) is 15.6. The van der Waals surface area contributed by atoms with Crippen LogP contribution in [0, 0.1) is 5.92 Å². The molecular formula is C22H24N2O4. The summed E-state index contributed by atoms with van der Waals surface area (Å²) in [5.74, 6) is -1.12. The van der Waals surface area contributed by atoms with E-state index in [1.165, 1.54) is 5.56 Å². The van der Waals surface area contributed by atoms with Crippen molar-refractivity contribution >= 4 is 17.6 Å². The number of carbonyl (C=O) groups is 2. The Bertz CT molecular complexity index is 883. The topological polar surface area (TPSA) is 92.9 Å². The van der Waals surface area contributed by atoms with Gasteiger partial charge in [0.2, 0.25) is 5.91 Å². The molecule has 3 N–H and O–H groups in total. The molecule has 28 heavy (non-hydrogen) atoms. The summed E-state index contributed by atoms with van der Waals surface area (Å²) in [6.07, 6.45) is 2.66. The summed E-state index contributed by atoms with van der Waals surface area (Å²) in [6, 6.07) is 16.1. The summed E-state index contributed by atoms with van der Waals surface area (Å²) < 4.78 is 5.61. The summed E-state index contributed by atoms with van der Waals surface area (Å²) in [6.45, 7) is 0.316. The van der Waals surface area contributed by atoms with Gasteiger partial charge in [-0.15, -0.1) is 0 Å². The van der Waals surface area contributed by atoms with Crippen LogP contribution in [-0.4, -0.2) is 29.6 Å². The number of primary amides is 1. The van der Waals surface area contributed by atoms with Crippen LogP contribution >= 0.6 is 0 Å². The molecule has 2 aliphatic rings. The molecule has 0 saturated heterocycles. The molecule has 2 aromatic rings. The number of fused-ring (bicyclic) bond motifs is 3. The summed E-state index contributed by atoms with van der Waals surface area (Å²) >= 11 is 0. The standard InChI is InChI=1S/C22H24N2O4/c23-22(27)15-8-4-9-16-20(15)21-17(10-5-11-18(21)28-13-19(25)26)24(16)12-14-6-2-1-3-7-14/h1-3,5-7,10-11,15-16,20H,4,8-9,12-13H2,(H2,23,27)(H,25,26). The van der Waals surface area contributed by atoms with Crippen LogP contribution in [0.1, 0.15) is 36.3 Å². The van der Waals surface area contributed by atoms with E-state index in [9.17, 15) is 9.59 Å². The molecule has 146 valence electrons. The molecule has 1 aliphatic heterocycles. The largest absolute Gasteiger partial charge is 0.482 e. The Morgan fingerprint density at radius 3 is 2.61 bits per heavy atom. The Kier molecular flexibility index (Phi) is 4.94. The fourth-order valence-corrected chi connectivity index (χ4v) is 4.78. The van der Waals surface area contributed by atoms with Crippen molar-refractivity contribution in [3.8, 4) is 5.75 Å². The number of aliphatic carboxylic acids is 1. The van der Waals surface area contributed by atoms with Crippen LogP contribution in [0.4, 0.5) is 5.69 Å². The van der Waals surface area contributed by atoms with E-state index in [1.807, 2.05) is 30.3 Å². The van der Waals surface area contributed by atoms with Gasteiger partial charge in [0.15, 0.2) is 6.61 Å². The summed E-state index contributed by atoms with van der Waals surface area (Å²) in [5.41, 5.74) is 8.88. The number of nitrogens with two attached hydrogens (primary N) is 1. The maximum absolute atomic E-state index is 12.2. The number of hydrogen-bond donors (Lipinski definition) is 2. The fourth-order valence-electron chi connectivity index (χ4n) is 4.78. The van der Waals surface area contributed by atoms with E-state index in [2.05, 4.69) is 17.0 Å². The molecule has 1 heterocycles. The third-order valence-corrected chi connectivity index (χ3v) is 5.86. The molecule has 4 rings (SSSR count). The minimum absolute atomic E-state index is 0.0741. The zero-order chi connectivity index (χ0) is 19.7. The van der Waals surface area contributed by atoms with Crippen LogP contribution in [0.2, 0.25) is 0 Å². The Morgan fingerprint density at radius 1 is 1.11 bits per heavy atom. The molecule has 6 nitrogen and oxygen atoms in total. The molecule has 3 atom stereocenters. The number of carbonyl (C=O) groups excluding carboxylic acids is 1. The second-order valence-electron chi connectivity index (χ2n) is 7.52. The first-order valence-electron chi connectivity index (χ1n) is 9.63. The van der Waals surface area contributed by atoms with Crippen molar-refractivity contribution in [1.82, 2.24) is 0 Å². The van der Waals surface area contributed by atoms with Crippen LogP contribution < -0.4 is 15.4 Å². The molecule has 3 unspecified atom stereocenters. The van der Waals surface area contributed by atoms with E-state index < -0.39 is 12.6 Å². The first-order chi connectivity index (χ1) is 13.6. The third-order valence-electron chi connectivity index (χ3n) is 5.86. The fraction of sp³-hybridized carbons (Fsp3) is 0.364. The zero-order valence-electron chi connectivity index (χ0n) is 15.6. The lowest BCUT2D eigenvalue weighted by atomic mass is 9.73. The highest BCUT2D eigenvalue weighted by Gasteiger charge is 2.48. The van der Waals surface area contributed by atoms with E-state index in [0.29, 0.717) is 5.75 Å². The number of ether oxygens (including phenoxy) is 1. The Balaban J connectivity index is 1.77. The summed E-state index contributed by atoms with van der Waals surface area (Å²) in [5, 5.41) is 9.03. The van der Waals surface area contributed by atoms with E-state index >= 15 is 0 Å². The van der Waals surface area contributed by atoms with Crippen LogP contribution in [0.25, 0.3) is 0 Å². The average molecular weight is 380 g/mol. The monoisotopic (exact) mass is 380 g/mol. The normalized spacial score (nSPS) is 23.0. The highest BCUT2D eigenvalue weighted by Crippen LogP contribution is 2.54. The molecule has 1 aliphatic carbocycles. The highest BCUT2D eigenvalue weighted by atomic mass is 16.5. The van der Waals surface area contributed by atoms with Gasteiger partial charge >= 0.3 is 5.97 Å². The number of rotatable bonds is 6. The Morgan fingerprint density at radius 2 is 1.89 bits per heavy atom. The Labute approximate surface area is 163 Å². The number of hydrogen-bond acceptors (Lipinski definition) is 4. The van der Waals surface area contributed by atoms with Gasteiger partial charge < -0.3 is 20.5 Å². The third kappa shape index (κ3) is 3.30. The maximum Gasteiger partial charge on any atom is 0.341 e. The number of amides is 1. The van der Waals surface area contributed by atoms with Gasteiger partial charge in [-0.25, -0.2) is 4.79 Å². The predicted molar refractivity (Wildman–Crippen MR) is 105 cm³/mol. The van der Waals surface area contributed by atoms with Gasteiger partial charge in [-0.3, -0.25) is 4.79 Å². The minimum atomic E-state index is -1.02. The highest BCUT2D eigenvalue weighted by molar-refractivity contribution is 5.81. The lowest BCUT2D eigenvalue weighted by molar-refractivity contribution is -0.139. The number of carboxylic acids is 1. The number of carboxylic acid groups (broad SMARTS) is 1. The lowest BCUT2D eigenvalue weighted by Crippen LogP contribution is -2.42. The van der Waals surface area contributed by atoms with Crippen LogP contribution in [-0.2, 0) is 16.1 Å². The molecule has 2 aromatic carbocycles. The van der Waals surface area contributed by atoms with Gasteiger partial charge in [0, 0.05) is 35.7 Å². The first-order valence-corrected chi connectivity index (χ1v) is 9.63. The molecule has 1 saturated carbocycles. The van der Waals surface area contributed by atoms with E-state index in [-0.39, 0.29) is 23.8 Å². The van der Waals surface area contributed by atoms with Crippen molar-refractivity contribution < 1.29 is 19.4 Å². The van der Waals surface area contributed by atoms with Crippen LogP contribution in [0.15, 0.2) is 48.5 Å². The van der Waals surface area contributed by atoms with Crippen molar-refractivity contribution in [2.45, 2.75) is 37.8 Å². The Hall–Kier alpha value is -3.02. The molecule has 1 amide bonds. The predicted octanol–water partition coefficient (Wildman–Crippen LogP) is 2.91. The average Bonchev–Trinajstić information content (AvgIpc) is 3.01. The van der Waals surface area contributed by atoms with Gasteiger partial charge in [0.05, 0.1) is 0 Å². The molecule has 0 bridgehead atoms. The van der Waals surface area contributed by atoms with Crippen molar-refractivity contribution in [2.75, 3.05) is 11.5 Å². The first kappa shape index (κ1) is 18.3. The summed E-state index contributed by atoms with van der Waals surface area (Å²) in [4.78, 5) is 25.6. The quantitative estimate of drug-likeness (QED) is 0.804. The summed E-state index contributed by atoms with van der Waals surface area (Å²) in [7, 11) is 0. The van der Waals surface area contributed by atoms with Gasteiger partial charge in [-0.05, 0) is 30.5 Å².